The monoisotopic (exact) mass is 332 g/mol. The first-order valence-corrected chi connectivity index (χ1v) is 8.68. The lowest BCUT2D eigenvalue weighted by molar-refractivity contribution is -0.146. The van der Waals surface area contributed by atoms with Gasteiger partial charge in [0, 0.05) is 19.6 Å². The van der Waals surface area contributed by atoms with Crippen LogP contribution in [-0.4, -0.2) is 47.6 Å². The van der Waals surface area contributed by atoms with E-state index in [1.807, 2.05) is 36.9 Å². The summed E-state index contributed by atoms with van der Waals surface area (Å²) in [5.74, 6) is -0.645. The molecule has 0 bridgehead atoms. The molecule has 1 aromatic carbocycles. The first-order valence-electron chi connectivity index (χ1n) is 8.68. The van der Waals surface area contributed by atoms with E-state index >= 15 is 0 Å². The van der Waals surface area contributed by atoms with E-state index in [4.69, 9.17) is 0 Å². The van der Waals surface area contributed by atoms with Gasteiger partial charge in [0.25, 0.3) is 0 Å². The molecule has 1 heterocycles. The van der Waals surface area contributed by atoms with E-state index in [0.717, 1.165) is 6.54 Å². The summed E-state index contributed by atoms with van der Waals surface area (Å²) in [4.78, 5) is 25.7. The Bertz CT molecular complexity index is 561. The van der Waals surface area contributed by atoms with Crippen LogP contribution >= 0.6 is 0 Å². The van der Waals surface area contributed by atoms with E-state index in [1.165, 1.54) is 5.56 Å². The van der Waals surface area contributed by atoms with Crippen molar-refractivity contribution in [2.75, 3.05) is 19.6 Å². The minimum absolute atomic E-state index is 0.0315. The number of piperidine rings is 1. The Kier molecular flexibility index (Phi) is 6.37. The molecule has 5 nitrogen and oxygen atoms in total. The molecule has 1 aliphatic heterocycles. The zero-order valence-electron chi connectivity index (χ0n) is 14.7. The molecule has 1 aromatic rings. The number of benzene rings is 1. The molecular weight excluding hydrogens is 304 g/mol. The number of rotatable bonds is 6. The highest BCUT2D eigenvalue weighted by Gasteiger charge is 2.33. The van der Waals surface area contributed by atoms with Gasteiger partial charge in [0.15, 0.2) is 0 Å². The van der Waals surface area contributed by atoms with Crippen LogP contribution in [0.5, 0.6) is 0 Å². The Balaban J connectivity index is 1.88. The Hall–Kier alpha value is -1.88. The van der Waals surface area contributed by atoms with Crippen molar-refractivity contribution in [2.45, 2.75) is 39.2 Å². The molecule has 24 heavy (non-hydrogen) atoms. The smallest absolute Gasteiger partial charge is 0.307 e. The van der Waals surface area contributed by atoms with Crippen LogP contribution in [0.3, 0.4) is 0 Å². The summed E-state index contributed by atoms with van der Waals surface area (Å²) in [6.45, 7) is 7.79. The molecule has 1 saturated heterocycles. The number of carboxylic acid groups (broad SMARTS) is 1. The topological polar surface area (TPSA) is 69.6 Å². The second-order valence-corrected chi connectivity index (χ2v) is 7.06. The third-order valence-electron chi connectivity index (χ3n) is 4.92. The maximum atomic E-state index is 12.5. The lowest BCUT2D eigenvalue weighted by Crippen LogP contribution is -2.52. The average molecular weight is 332 g/mol. The molecule has 0 radical (unpaired) electrons. The molecule has 0 aliphatic carbocycles. The second-order valence-electron chi connectivity index (χ2n) is 7.06. The van der Waals surface area contributed by atoms with Crippen molar-refractivity contribution in [3.05, 3.63) is 35.9 Å². The van der Waals surface area contributed by atoms with Crippen molar-refractivity contribution in [1.82, 2.24) is 10.2 Å². The van der Waals surface area contributed by atoms with Crippen LogP contribution in [0.2, 0.25) is 0 Å². The fourth-order valence-electron chi connectivity index (χ4n) is 3.35. The second kappa shape index (κ2) is 8.29. The van der Waals surface area contributed by atoms with Gasteiger partial charge in [-0.2, -0.15) is 0 Å². The lowest BCUT2D eigenvalue weighted by Gasteiger charge is -2.37. The molecule has 0 aromatic heterocycles. The molecule has 0 saturated carbocycles. The highest BCUT2D eigenvalue weighted by molar-refractivity contribution is 5.81. The highest BCUT2D eigenvalue weighted by Crippen LogP contribution is 2.23. The van der Waals surface area contributed by atoms with Gasteiger partial charge < -0.3 is 10.4 Å². The van der Waals surface area contributed by atoms with Gasteiger partial charge in [0.1, 0.15) is 0 Å². The van der Waals surface area contributed by atoms with Crippen LogP contribution < -0.4 is 5.32 Å². The fraction of sp³-hybridized carbons (Fsp3) is 0.579. The molecule has 1 aliphatic rings. The van der Waals surface area contributed by atoms with Gasteiger partial charge in [-0.05, 0) is 30.7 Å². The molecule has 2 N–H and O–H groups in total. The molecule has 132 valence electrons. The van der Waals surface area contributed by atoms with Gasteiger partial charge >= 0.3 is 5.97 Å². The number of carbonyl (C=O) groups is 2. The summed E-state index contributed by atoms with van der Waals surface area (Å²) >= 11 is 0. The molecule has 1 fully saturated rings. The number of carbonyl (C=O) groups excluding carboxylic acids is 1. The third-order valence-corrected chi connectivity index (χ3v) is 4.92. The quantitative estimate of drug-likeness (QED) is 0.839. The Morgan fingerprint density at radius 1 is 1.25 bits per heavy atom. The molecule has 2 rings (SSSR count). The predicted molar refractivity (Wildman–Crippen MR) is 93.8 cm³/mol. The number of aliphatic carboxylic acids is 1. The van der Waals surface area contributed by atoms with Gasteiger partial charge in [-0.1, -0.05) is 44.2 Å². The van der Waals surface area contributed by atoms with Crippen molar-refractivity contribution in [1.29, 1.82) is 0 Å². The number of likely N-dealkylation sites (tertiary alicyclic amines) is 1. The van der Waals surface area contributed by atoms with Crippen molar-refractivity contribution < 1.29 is 14.7 Å². The molecule has 4 unspecified atom stereocenters. The van der Waals surface area contributed by atoms with Gasteiger partial charge in [-0.15, -0.1) is 0 Å². The Labute approximate surface area is 144 Å². The van der Waals surface area contributed by atoms with Crippen LogP contribution in [0, 0.1) is 11.8 Å². The van der Waals surface area contributed by atoms with E-state index in [1.54, 1.807) is 0 Å². The highest BCUT2D eigenvalue weighted by atomic mass is 16.4. The fourth-order valence-corrected chi connectivity index (χ4v) is 3.35. The van der Waals surface area contributed by atoms with Crippen LogP contribution in [0.15, 0.2) is 30.3 Å². The molecule has 0 spiro atoms. The number of hydrogen-bond donors (Lipinski definition) is 2. The average Bonchev–Trinajstić information content (AvgIpc) is 2.58. The normalized spacial score (nSPS) is 24.1. The zero-order valence-corrected chi connectivity index (χ0v) is 14.7. The minimum atomic E-state index is -0.767. The van der Waals surface area contributed by atoms with Crippen molar-refractivity contribution in [2.24, 2.45) is 11.8 Å². The summed E-state index contributed by atoms with van der Waals surface area (Å²) in [7, 11) is 0. The van der Waals surface area contributed by atoms with E-state index < -0.39 is 5.97 Å². The van der Waals surface area contributed by atoms with Gasteiger partial charge in [0.05, 0.1) is 12.0 Å². The zero-order chi connectivity index (χ0) is 17.7. The van der Waals surface area contributed by atoms with E-state index in [2.05, 4.69) is 24.4 Å². The van der Waals surface area contributed by atoms with Gasteiger partial charge in [-0.3, -0.25) is 14.5 Å². The predicted octanol–water partition coefficient (Wildman–Crippen LogP) is 2.34. The molecule has 4 atom stereocenters. The third kappa shape index (κ3) is 4.81. The summed E-state index contributed by atoms with van der Waals surface area (Å²) < 4.78 is 0. The van der Waals surface area contributed by atoms with Crippen LogP contribution in [0.4, 0.5) is 0 Å². The van der Waals surface area contributed by atoms with Crippen molar-refractivity contribution in [3.63, 3.8) is 0 Å². The summed E-state index contributed by atoms with van der Waals surface area (Å²) in [5.41, 5.74) is 1.20. The standard InChI is InChI=1S/C19H28N2O3/c1-13-9-17(19(23)24)12-21(11-13)15(3)18(22)20-10-14(2)16-7-5-4-6-8-16/h4-8,13-15,17H,9-12H2,1-3H3,(H,20,22)(H,23,24). The summed E-state index contributed by atoms with van der Waals surface area (Å²) in [6.07, 6.45) is 0.686. The van der Waals surface area contributed by atoms with Crippen molar-refractivity contribution >= 4 is 11.9 Å². The number of nitrogens with one attached hydrogen (secondary N) is 1. The Morgan fingerprint density at radius 3 is 2.54 bits per heavy atom. The van der Waals surface area contributed by atoms with Gasteiger partial charge in [0.2, 0.25) is 5.91 Å². The first kappa shape index (κ1) is 18.5. The van der Waals surface area contributed by atoms with Crippen molar-refractivity contribution in [3.8, 4) is 0 Å². The van der Waals surface area contributed by atoms with E-state index in [0.29, 0.717) is 25.4 Å². The van der Waals surface area contributed by atoms with E-state index in [-0.39, 0.29) is 23.8 Å². The largest absolute Gasteiger partial charge is 0.481 e. The van der Waals surface area contributed by atoms with Gasteiger partial charge in [-0.25, -0.2) is 0 Å². The van der Waals surface area contributed by atoms with E-state index in [9.17, 15) is 14.7 Å². The maximum absolute atomic E-state index is 12.5. The first-order chi connectivity index (χ1) is 11.4. The number of nitrogens with zero attached hydrogens (tertiary/aromatic N) is 1. The summed E-state index contributed by atoms with van der Waals surface area (Å²) in [5, 5.41) is 12.3. The lowest BCUT2D eigenvalue weighted by atomic mass is 9.89. The van der Waals surface area contributed by atoms with Crippen LogP contribution in [0.1, 0.15) is 38.7 Å². The number of hydrogen-bond acceptors (Lipinski definition) is 3. The molecule has 5 heteroatoms. The molecule has 1 amide bonds. The number of carboxylic acids is 1. The Morgan fingerprint density at radius 2 is 1.92 bits per heavy atom. The minimum Gasteiger partial charge on any atom is -0.481 e. The van der Waals surface area contributed by atoms with Crippen LogP contribution in [0.25, 0.3) is 0 Å². The van der Waals surface area contributed by atoms with Crippen LogP contribution in [-0.2, 0) is 9.59 Å². The maximum Gasteiger partial charge on any atom is 0.307 e. The number of amides is 1. The molecular formula is C19H28N2O3. The SMILES string of the molecule is CC1CC(C(=O)O)CN(C(C)C(=O)NCC(C)c2ccccc2)C1. The summed E-state index contributed by atoms with van der Waals surface area (Å²) in [6, 6.07) is 9.79.